The molecule has 1 aromatic carbocycles. The third-order valence-electron chi connectivity index (χ3n) is 5.23. The number of nitrogens with zero attached hydrogens (tertiary/aromatic N) is 3. The zero-order valence-electron chi connectivity index (χ0n) is 16.8. The molecule has 1 aliphatic rings. The van der Waals surface area contributed by atoms with Gasteiger partial charge < -0.3 is 21.3 Å². The first kappa shape index (κ1) is 20.2. The highest BCUT2D eigenvalue weighted by Crippen LogP contribution is 2.33. The topological polar surface area (TPSA) is 113 Å². The van der Waals surface area contributed by atoms with Gasteiger partial charge in [-0.15, -0.1) is 16.2 Å². The lowest BCUT2D eigenvalue weighted by Crippen LogP contribution is -2.43. The Hall–Kier alpha value is -3.04. The van der Waals surface area contributed by atoms with Gasteiger partial charge in [0.1, 0.15) is 15.4 Å². The minimum absolute atomic E-state index is 0.209. The molecule has 8 nitrogen and oxygen atoms in total. The van der Waals surface area contributed by atoms with E-state index < -0.39 is 0 Å². The van der Waals surface area contributed by atoms with E-state index in [2.05, 4.69) is 25.7 Å². The van der Waals surface area contributed by atoms with E-state index in [1.807, 2.05) is 31.2 Å². The molecule has 9 heteroatoms. The van der Waals surface area contributed by atoms with Crippen molar-refractivity contribution in [3.05, 3.63) is 51.4 Å². The van der Waals surface area contributed by atoms with E-state index in [9.17, 15) is 9.70 Å². The standard InChI is InChI=1S/C21H24N6O2S/c1-13-2-4-15-18(22)19(30-21(15)25-13)20(28)24-7-6-14-3-5-17(16(12-14)26-29)27-10-8-23-9-11-27/h2-5,12,23H,6-11,22H2,1H3,(H,24,28). The molecular formula is C21H24N6O2S. The molecule has 4 N–H and O–H groups in total. The molecule has 30 heavy (non-hydrogen) atoms. The molecule has 0 aliphatic carbocycles. The molecule has 1 saturated heterocycles. The van der Waals surface area contributed by atoms with Crippen LogP contribution in [0.4, 0.5) is 17.1 Å². The zero-order valence-corrected chi connectivity index (χ0v) is 17.6. The molecule has 1 aliphatic heterocycles. The fraction of sp³-hybridized carbons (Fsp3) is 0.333. The lowest BCUT2D eigenvalue weighted by Gasteiger charge is -2.30. The number of aryl methyl sites for hydroxylation is 1. The molecule has 0 spiro atoms. The number of fused-ring (bicyclic) bond motifs is 1. The number of hydrogen-bond donors (Lipinski definition) is 3. The van der Waals surface area contributed by atoms with Crippen molar-refractivity contribution in [3.8, 4) is 0 Å². The van der Waals surface area contributed by atoms with Crippen LogP contribution in [0.1, 0.15) is 20.9 Å². The number of pyridine rings is 1. The van der Waals surface area contributed by atoms with Crippen molar-refractivity contribution >= 4 is 44.5 Å². The summed E-state index contributed by atoms with van der Waals surface area (Å²) in [5.74, 6) is -0.209. The molecule has 0 radical (unpaired) electrons. The normalized spacial score (nSPS) is 14.1. The minimum Gasteiger partial charge on any atom is -0.397 e. The third-order valence-corrected chi connectivity index (χ3v) is 6.35. The lowest BCUT2D eigenvalue weighted by molar-refractivity contribution is 0.0959. The van der Waals surface area contributed by atoms with E-state index in [1.165, 1.54) is 11.3 Å². The van der Waals surface area contributed by atoms with Crippen molar-refractivity contribution in [1.29, 1.82) is 0 Å². The first-order valence-electron chi connectivity index (χ1n) is 9.92. The Bertz CT molecular complexity index is 1090. The van der Waals surface area contributed by atoms with Gasteiger partial charge in [-0.3, -0.25) is 4.79 Å². The van der Waals surface area contributed by atoms with Gasteiger partial charge in [-0.05, 0) is 48.4 Å². The van der Waals surface area contributed by atoms with E-state index in [1.54, 1.807) is 6.07 Å². The van der Waals surface area contributed by atoms with Crippen molar-refractivity contribution in [2.24, 2.45) is 5.18 Å². The number of carbonyl (C=O) groups excluding carboxylic acids is 1. The van der Waals surface area contributed by atoms with Crippen LogP contribution in [0.5, 0.6) is 0 Å². The highest BCUT2D eigenvalue weighted by Gasteiger charge is 2.18. The molecular weight excluding hydrogens is 400 g/mol. The molecule has 3 aromatic rings. The fourth-order valence-corrected chi connectivity index (χ4v) is 4.69. The van der Waals surface area contributed by atoms with Gasteiger partial charge >= 0.3 is 0 Å². The van der Waals surface area contributed by atoms with Crippen LogP contribution in [0.2, 0.25) is 0 Å². The number of aromatic nitrogens is 1. The maximum atomic E-state index is 12.6. The van der Waals surface area contributed by atoms with Gasteiger partial charge in [-0.1, -0.05) is 6.07 Å². The van der Waals surface area contributed by atoms with Crippen LogP contribution in [-0.4, -0.2) is 43.6 Å². The summed E-state index contributed by atoms with van der Waals surface area (Å²) in [5.41, 5.74) is 9.76. The number of nitrogens with two attached hydrogens (primary N) is 1. The Morgan fingerprint density at radius 2 is 2.10 bits per heavy atom. The predicted molar refractivity (Wildman–Crippen MR) is 122 cm³/mol. The van der Waals surface area contributed by atoms with Crippen molar-refractivity contribution in [2.45, 2.75) is 13.3 Å². The van der Waals surface area contributed by atoms with Crippen LogP contribution in [-0.2, 0) is 6.42 Å². The smallest absolute Gasteiger partial charge is 0.263 e. The summed E-state index contributed by atoms with van der Waals surface area (Å²) in [4.78, 5) is 31.8. The van der Waals surface area contributed by atoms with Gasteiger partial charge in [0.25, 0.3) is 5.91 Å². The number of carbonyl (C=O) groups is 1. The maximum absolute atomic E-state index is 12.6. The second kappa shape index (κ2) is 8.76. The molecule has 1 fully saturated rings. The summed E-state index contributed by atoms with van der Waals surface area (Å²) >= 11 is 1.30. The number of amides is 1. The Morgan fingerprint density at radius 1 is 1.30 bits per heavy atom. The van der Waals surface area contributed by atoms with E-state index in [0.29, 0.717) is 29.2 Å². The van der Waals surface area contributed by atoms with E-state index >= 15 is 0 Å². The van der Waals surface area contributed by atoms with Crippen LogP contribution < -0.4 is 21.3 Å². The second-order valence-corrected chi connectivity index (χ2v) is 8.31. The van der Waals surface area contributed by atoms with E-state index in [4.69, 9.17) is 5.73 Å². The fourth-order valence-electron chi connectivity index (χ4n) is 3.63. The number of thiophene rings is 1. The first-order chi connectivity index (χ1) is 14.6. The van der Waals surface area contributed by atoms with Crippen LogP contribution in [0, 0.1) is 11.8 Å². The van der Waals surface area contributed by atoms with Crippen LogP contribution in [0.15, 0.2) is 35.5 Å². The summed E-state index contributed by atoms with van der Waals surface area (Å²) in [7, 11) is 0. The molecule has 0 atom stereocenters. The number of hydrogen-bond acceptors (Lipinski definition) is 8. The quantitative estimate of drug-likeness (QED) is 0.525. The average Bonchev–Trinajstić information content (AvgIpc) is 3.09. The summed E-state index contributed by atoms with van der Waals surface area (Å²) in [6.07, 6.45) is 0.595. The van der Waals surface area contributed by atoms with Crippen molar-refractivity contribution < 1.29 is 4.79 Å². The monoisotopic (exact) mass is 424 g/mol. The Labute approximate surface area is 178 Å². The largest absolute Gasteiger partial charge is 0.397 e. The summed E-state index contributed by atoms with van der Waals surface area (Å²) < 4.78 is 0. The van der Waals surface area contributed by atoms with Crippen LogP contribution in [0.25, 0.3) is 10.2 Å². The highest BCUT2D eigenvalue weighted by atomic mass is 32.1. The molecule has 1 amide bonds. The summed E-state index contributed by atoms with van der Waals surface area (Å²) in [6, 6.07) is 9.51. The number of anilines is 2. The Kier molecular flexibility index (Phi) is 5.91. The van der Waals surface area contributed by atoms with Gasteiger partial charge in [0.15, 0.2) is 0 Å². The molecule has 3 heterocycles. The van der Waals surface area contributed by atoms with Crippen molar-refractivity contribution in [1.82, 2.24) is 15.6 Å². The number of nitrogen functional groups attached to an aromatic ring is 1. The number of benzene rings is 1. The maximum Gasteiger partial charge on any atom is 0.263 e. The summed E-state index contributed by atoms with van der Waals surface area (Å²) in [5, 5.41) is 10.2. The van der Waals surface area contributed by atoms with Gasteiger partial charge in [-0.25, -0.2) is 4.98 Å². The minimum atomic E-state index is -0.209. The zero-order chi connectivity index (χ0) is 21.1. The number of rotatable bonds is 6. The highest BCUT2D eigenvalue weighted by molar-refractivity contribution is 7.21. The molecule has 0 saturated carbocycles. The lowest BCUT2D eigenvalue weighted by atomic mass is 10.1. The second-order valence-electron chi connectivity index (χ2n) is 7.31. The van der Waals surface area contributed by atoms with Gasteiger partial charge in [-0.2, -0.15) is 0 Å². The van der Waals surface area contributed by atoms with Gasteiger partial charge in [0, 0.05) is 43.8 Å². The third kappa shape index (κ3) is 4.12. The number of nitrogens with one attached hydrogen (secondary N) is 2. The number of nitroso groups, excluding NO2 is 1. The van der Waals surface area contributed by atoms with Crippen molar-refractivity contribution in [2.75, 3.05) is 43.4 Å². The molecule has 0 unspecified atom stereocenters. The van der Waals surface area contributed by atoms with E-state index in [0.717, 1.165) is 53.3 Å². The SMILES string of the molecule is Cc1ccc2c(N)c(C(=O)NCCc3ccc(N4CCNCC4)c(N=O)c3)sc2n1. The van der Waals surface area contributed by atoms with E-state index in [-0.39, 0.29) is 5.91 Å². The predicted octanol–water partition coefficient (Wildman–Crippen LogP) is 2.97. The summed E-state index contributed by atoms with van der Waals surface area (Å²) in [6.45, 7) is 5.82. The Morgan fingerprint density at radius 3 is 2.87 bits per heavy atom. The van der Waals surface area contributed by atoms with Crippen molar-refractivity contribution in [3.63, 3.8) is 0 Å². The van der Waals surface area contributed by atoms with Crippen LogP contribution in [0.3, 0.4) is 0 Å². The average molecular weight is 425 g/mol. The van der Waals surface area contributed by atoms with Gasteiger partial charge in [0.2, 0.25) is 0 Å². The molecule has 2 aromatic heterocycles. The first-order valence-corrected chi connectivity index (χ1v) is 10.7. The molecule has 4 rings (SSSR count). The van der Waals surface area contributed by atoms with Crippen LogP contribution >= 0.6 is 11.3 Å². The molecule has 0 bridgehead atoms. The molecule has 156 valence electrons. The number of piperazine rings is 1. The van der Waals surface area contributed by atoms with Gasteiger partial charge in [0.05, 0.1) is 11.4 Å². The Balaban J connectivity index is 1.41.